The Hall–Kier alpha value is -1.78. The van der Waals surface area contributed by atoms with Gasteiger partial charge in [0.05, 0.1) is 0 Å². The zero-order chi connectivity index (χ0) is 10.5. The molecule has 0 aliphatic rings. The molecule has 0 aliphatic carbocycles. The molecule has 0 spiro atoms. The molecule has 0 heterocycles. The number of rotatable bonds is 3. The third-order valence-electron chi connectivity index (χ3n) is 2.52. The van der Waals surface area contributed by atoms with Gasteiger partial charge in [0.15, 0.2) is 0 Å². The zero-order valence-corrected chi connectivity index (χ0v) is 8.66. The average molecular weight is 193 g/mol. The van der Waals surface area contributed by atoms with E-state index in [0.29, 0.717) is 0 Å². The molecule has 0 saturated carbocycles. The lowest BCUT2D eigenvalue weighted by Gasteiger charge is -2.04. The van der Waals surface area contributed by atoms with E-state index >= 15 is 0 Å². The Balaban J connectivity index is 2.37. The molecular weight excluding hydrogens is 180 g/mol. The van der Waals surface area contributed by atoms with E-state index in [-0.39, 0.29) is 0 Å². The van der Waals surface area contributed by atoms with Gasteiger partial charge in [0.1, 0.15) is 0 Å². The highest BCUT2D eigenvalue weighted by atomic mass is 14.0. The molecule has 0 fully saturated rings. The fraction of sp³-hybridized carbons (Fsp3) is 0.133. The third kappa shape index (κ3) is 2.18. The van der Waals surface area contributed by atoms with Crippen molar-refractivity contribution in [3.05, 3.63) is 66.4 Å². The lowest BCUT2D eigenvalue weighted by molar-refractivity contribution is 0.993. The molecule has 0 aromatic heterocycles. The van der Waals surface area contributed by atoms with Crippen LogP contribution >= 0.6 is 0 Å². The third-order valence-corrected chi connectivity index (χ3v) is 2.52. The van der Waals surface area contributed by atoms with Gasteiger partial charge in [-0.3, -0.25) is 0 Å². The molecular formula is C15H13. The van der Waals surface area contributed by atoms with E-state index in [0.717, 1.165) is 12.8 Å². The summed E-state index contributed by atoms with van der Waals surface area (Å²) in [6.07, 6.45) is 4.89. The maximum absolute atomic E-state index is 3.52. The van der Waals surface area contributed by atoms with Gasteiger partial charge >= 0.3 is 0 Å². The molecule has 2 aromatic carbocycles. The van der Waals surface area contributed by atoms with E-state index in [1.807, 2.05) is 0 Å². The minimum Gasteiger partial charge on any atom is -0.124 e. The minimum atomic E-state index is 0.886. The summed E-state index contributed by atoms with van der Waals surface area (Å²) < 4.78 is 0. The number of aryl methyl sites for hydroxylation is 1. The van der Waals surface area contributed by atoms with Crippen LogP contribution in [0.5, 0.6) is 0 Å². The molecule has 0 amide bonds. The first-order valence-electron chi connectivity index (χ1n) is 5.13. The van der Waals surface area contributed by atoms with E-state index in [4.69, 9.17) is 0 Å². The predicted octanol–water partition coefficient (Wildman–Crippen LogP) is 3.92. The number of hydrogen-bond donors (Lipinski definition) is 0. The quantitative estimate of drug-likeness (QED) is 0.648. The van der Waals surface area contributed by atoms with Crippen LogP contribution in [0.3, 0.4) is 0 Å². The predicted molar refractivity (Wildman–Crippen MR) is 64.7 cm³/mol. The Morgan fingerprint density at radius 3 is 2.67 bits per heavy atom. The summed E-state index contributed by atoms with van der Waals surface area (Å²) in [5.74, 6) is 0. The first kappa shape index (κ1) is 9.76. The zero-order valence-electron chi connectivity index (χ0n) is 8.66. The summed E-state index contributed by atoms with van der Waals surface area (Å²) in [5, 5.41) is 2.64. The molecule has 0 atom stereocenters. The molecule has 0 saturated heterocycles. The Morgan fingerprint density at radius 1 is 1.00 bits per heavy atom. The van der Waals surface area contributed by atoms with E-state index in [1.165, 1.54) is 16.3 Å². The van der Waals surface area contributed by atoms with Crippen LogP contribution in [0, 0.1) is 6.08 Å². The van der Waals surface area contributed by atoms with Crippen LogP contribution in [0.15, 0.2) is 54.8 Å². The van der Waals surface area contributed by atoms with E-state index in [9.17, 15) is 0 Å². The summed E-state index contributed by atoms with van der Waals surface area (Å²) in [5.41, 5.74) is 4.06. The van der Waals surface area contributed by atoms with Crippen molar-refractivity contribution in [2.75, 3.05) is 0 Å². The summed E-state index contributed by atoms with van der Waals surface area (Å²) >= 11 is 0. The number of allylic oxidation sites excluding steroid dienone is 1. The van der Waals surface area contributed by atoms with Crippen LogP contribution in [-0.4, -0.2) is 0 Å². The van der Waals surface area contributed by atoms with Crippen molar-refractivity contribution < 1.29 is 0 Å². The monoisotopic (exact) mass is 193 g/mol. The molecule has 0 bridgehead atoms. The first-order valence-corrected chi connectivity index (χ1v) is 5.13. The molecule has 0 aliphatic heterocycles. The average Bonchev–Trinajstić information content (AvgIpc) is 2.30. The van der Waals surface area contributed by atoms with E-state index in [1.54, 1.807) is 0 Å². The highest BCUT2D eigenvalue weighted by Gasteiger charge is 1.98. The molecule has 0 N–H and O–H groups in total. The fourth-order valence-corrected chi connectivity index (χ4v) is 1.80. The molecule has 1 radical (unpaired) electrons. The molecule has 15 heavy (non-hydrogen) atoms. The molecule has 0 heteroatoms. The van der Waals surface area contributed by atoms with Crippen molar-refractivity contribution in [2.24, 2.45) is 0 Å². The van der Waals surface area contributed by atoms with Crippen molar-refractivity contribution >= 4 is 10.8 Å². The van der Waals surface area contributed by atoms with Gasteiger partial charge in [-0.2, -0.15) is 0 Å². The summed E-state index contributed by atoms with van der Waals surface area (Å²) in [7, 11) is 0. The van der Waals surface area contributed by atoms with Crippen molar-refractivity contribution in [2.45, 2.75) is 12.8 Å². The van der Waals surface area contributed by atoms with Crippen molar-refractivity contribution in [1.29, 1.82) is 0 Å². The van der Waals surface area contributed by atoms with E-state index in [2.05, 4.69) is 60.9 Å². The second-order valence-corrected chi connectivity index (χ2v) is 3.49. The minimum absolute atomic E-state index is 0.886. The summed E-state index contributed by atoms with van der Waals surface area (Å²) in [6, 6.07) is 14.9. The van der Waals surface area contributed by atoms with Crippen LogP contribution in [0.1, 0.15) is 12.0 Å². The lowest BCUT2D eigenvalue weighted by Crippen LogP contribution is -1.85. The van der Waals surface area contributed by atoms with Gasteiger partial charge in [0.25, 0.3) is 0 Å². The maximum atomic E-state index is 3.52. The van der Waals surface area contributed by atoms with Gasteiger partial charge in [-0.15, -0.1) is 5.73 Å². The van der Waals surface area contributed by atoms with Crippen LogP contribution in [0.25, 0.3) is 10.8 Å². The van der Waals surface area contributed by atoms with Gasteiger partial charge in [-0.05, 0) is 29.2 Å². The Labute approximate surface area is 90.6 Å². The Kier molecular flexibility index (Phi) is 3.02. The van der Waals surface area contributed by atoms with Crippen LogP contribution in [0.2, 0.25) is 0 Å². The van der Waals surface area contributed by atoms with Gasteiger partial charge in [0, 0.05) is 6.08 Å². The highest BCUT2D eigenvalue weighted by molar-refractivity contribution is 5.85. The van der Waals surface area contributed by atoms with Crippen LogP contribution in [0.4, 0.5) is 0 Å². The number of hydrogen-bond acceptors (Lipinski definition) is 0. The Bertz CT molecular complexity index is 497. The van der Waals surface area contributed by atoms with Crippen LogP contribution in [-0.2, 0) is 6.42 Å². The van der Waals surface area contributed by atoms with Crippen molar-refractivity contribution in [3.63, 3.8) is 0 Å². The fourth-order valence-electron chi connectivity index (χ4n) is 1.80. The van der Waals surface area contributed by atoms with Crippen LogP contribution < -0.4 is 0 Å². The highest BCUT2D eigenvalue weighted by Crippen LogP contribution is 2.19. The van der Waals surface area contributed by atoms with Gasteiger partial charge in [0.2, 0.25) is 0 Å². The lowest BCUT2D eigenvalue weighted by atomic mass is 10.0. The molecule has 73 valence electrons. The Morgan fingerprint density at radius 2 is 1.80 bits per heavy atom. The summed E-state index contributed by atoms with van der Waals surface area (Å²) in [4.78, 5) is 0. The first-order chi connectivity index (χ1) is 7.42. The molecule has 0 unspecified atom stereocenters. The number of fused-ring (bicyclic) bond motifs is 1. The van der Waals surface area contributed by atoms with Gasteiger partial charge < -0.3 is 0 Å². The topological polar surface area (TPSA) is 0 Å². The smallest absolute Gasteiger partial charge is 0.00457 e. The second-order valence-electron chi connectivity index (χ2n) is 3.49. The van der Waals surface area contributed by atoms with E-state index < -0.39 is 0 Å². The number of benzene rings is 2. The molecule has 2 aromatic rings. The molecule has 2 rings (SSSR count). The van der Waals surface area contributed by atoms with Crippen molar-refractivity contribution in [1.82, 2.24) is 0 Å². The van der Waals surface area contributed by atoms with Gasteiger partial charge in [-0.1, -0.05) is 49.0 Å². The summed E-state index contributed by atoms with van der Waals surface area (Å²) in [6.45, 7) is 3.52. The van der Waals surface area contributed by atoms with Gasteiger partial charge in [-0.25, -0.2) is 0 Å². The normalized spacial score (nSPS) is 9.87. The van der Waals surface area contributed by atoms with Crippen molar-refractivity contribution in [3.8, 4) is 0 Å². The largest absolute Gasteiger partial charge is 0.124 e. The standard InChI is InChI=1S/C15H13/c1-2-3-4-8-13-10-7-11-14-9-5-6-12-15(13)14/h5-7,9-12H,1,4,8H2. The molecule has 0 nitrogen and oxygen atoms in total. The SMILES string of the molecule is C=C=[C]CCc1cccc2ccccc12. The maximum Gasteiger partial charge on any atom is 0.00457 e. The second kappa shape index (κ2) is 4.63.